The summed E-state index contributed by atoms with van der Waals surface area (Å²) in [7, 11) is -4.02. The highest BCUT2D eigenvalue weighted by atomic mass is 32.2. The molecule has 1 heterocycles. The van der Waals surface area contributed by atoms with Crippen LogP contribution in [0.25, 0.3) is 0 Å². The minimum atomic E-state index is -4.02. The van der Waals surface area contributed by atoms with Crippen molar-refractivity contribution in [2.75, 3.05) is 5.75 Å². The SMILES string of the molecule is C=CCn1c(SCC(=O)c2ccccc2)ncc(S(=O)(=O)c2ccc(C)cc2)c1=O. The summed E-state index contributed by atoms with van der Waals surface area (Å²) in [6, 6.07) is 15.1. The van der Waals surface area contributed by atoms with E-state index in [2.05, 4.69) is 11.6 Å². The van der Waals surface area contributed by atoms with Gasteiger partial charge in [0.1, 0.15) is 0 Å². The van der Waals surface area contributed by atoms with E-state index >= 15 is 0 Å². The van der Waals surface area contributed by atoms with E-state index in [9.17, 15) is 18.0 Å². The lowest BCUT2D eigenvalue weighted by Gasteiger charge is -2.12. The fraction of sp³-hybridized carbons (Fsp3) is 0.136. The van der Waals surface area contributed by atoms with E-state index in [1.165, 1.54) is 22.8 Å². The van der Waals surface area contributed by atoms with Crippen molar-refractivity contribution in [2.45, 2.75) is 28.4 Å². The van der Waals surface area contributed by atoms with Crippen molar-refractivity contribution >= 4 is 27.4 Å². The van der Waals surface area contributed by atoms with Crippen molar-refractivity contribution in [1.29, 1.82) is 0 Å². The van der Waals surface area contributed by atoms with Gasteiger partial charge in [0.05, 0.1) is 16.8 Å². The highest BCUT2D eigenvalue weighted by Crippen LogP contribution is 2.21. The Morgan fingerprint density at radius 3 is 2.43 bits per heavy atom. The molecule has 0 saturated carbocycles. The summed E-state index contributed by atoms with van der Waals surface area (Å²) in [4.78, 5) is 29.1. The second kappa shape index (κ2) is 9.23. The van der Waals surface area contributed by atoms with Crippen LogP contribution in [-0.2, 0) is 16.4 Å². The lowest BCUT2D eigenvalue weighted by atomic mass is 10.2. The maximum absolute atomic E-state index is 13.0. The Balaban J connectivity index is 1.94. The molecule has 3 aromatic rings. The van der Waals surface area contributed by atoms with E-state index in [4.69, 9.17) is 0 Å². The third kappa shape index (κ3) is 4.60. The Morgan fingerprint density at radius 2 is 1.80 bits per heavy atom. The van der Waals surface area contributed by atoms with E-state index in [0.29, 0.717) is 5.56 Å². The Kier molecular flexibility index (Phi) is 6.69. The third-order valence-electron chi connectivity index (χ3n) is 4.34. The van der Waals surface area contributed by atoms with Crippen LogP contribution in [0.3, 0.4) is 0 Å². The number of thioether (sulfide) groups is 1. The summed E-state index contributed by atoms with van der Waals surface area (Å²) < 4.78 is 27.1. The van der Waals surface area contributed by atoms with Gasteiger partial charge in [0, 0.05) is 12.1 Å². The molecular weight excluding hydrogens is 420 g/mol. The molecule has 0 N–H and O–H groups in total. The number of aryl methyl sites for hydroxylation is 1. The topological polar surface area (TPSA) is 86.1 Å². The average Bonchev–Trinajstić information content (AvgIpc) is 2.74. The quantitative estimate of drug-likeness (QED) is 0.230. The molecule has 3 rings (SSSR count). The van der Waals surface area contributed by atoms with E-state index in [1.54, 1.807) is 36.4 Å². The van der Waals surface area contributed by atoms with Gasteiger partial charge < -0.3 is 0 Å². The Labute approximate surface area is 179 Å². The van der Waals surface area contributed by atoms with Crippen LogP contribution in [0.4, 0.5) is 0 Å². The average molecular weight is 441 g/mol. The van der Waals surface area contributed by atoms with Crippen molar-refractivity contribution in [3.05, 3.63) is 94.9 Å². The van der Waals surface area contributed by atoms with E-state index in [-0.39, 0.29) is 28.1 Å². The number of carbonyl (C=O) groups excluding carboxylic acids is 1. The number of hydrogen-bond acceptors (Lipinski definition) is 6. The largest absolute Gasteiger partial charge is 0.293 e. The number of allylic oxidation sites excluding steroid dienone is 1. The molecule has 0 amide bonds. The number of carbonyl (C=O) groups is 1. The molecule has 0 aliphatic heterocycles. The van der Waals surface area contributed by atoms with E-state index in [1.807, 2.05) is 13.0 Å². The molecule has 0 aliphatic carbocycles. The fourth-order valence-electron chi connectivity index (χ4n) is 2.73. The lowest BCUT2D eigenvalue weighted by Crippen LogP contribution is -2.28. The monoisotopic (exact) mass is 440 g/mol. The summed E-state index contributed by atoms with van der Waals surface area (Å²) in [5.41, 5.74) is 0.771. The second-order valence-electron chi connectivity index (χ2n) is 6.50. The van der Waals surface area contributed by atoms with E-state index in [0.717, 1.165) is 23.5 Å². The number of ketones is 1. The van der Waals surface area contributed by atoms with Gasteiger partial charge in [-0.25, -0.2) is 13.4 Å². The third-order valence-corrected chi connectivity index (χ3v) is 7.08. The molecule has 0 atom stereocenters. The molecule has 30 heavy (non-hydrogen) atoms. The smallest absolute Gasteiger partial charge is 0.273 e. The minimum absolute atomic E-state index is 0.0248. The first-order valence-electron chi connectivity index (χ1n) is 9.08. The van der Waals surface area contributed by atoms with Crippen LogP contribution in [0.2, 0.25) is 0 Å². The number of Topliss-reactive ketones (excluding diaryl/α,β-unsaturated/α-hetero) is 1. The molecule has 0 fully saturated rings. The molecule has 2 aromatic carbocycles. The predicted molar refractivity (Wildman–Crippen MR) is 117 cm³/mol. The molecule has 0 aliphatic rings. The number of rotatable bonds is 8. The standard InChI is InChI=1S/C22H20N2O4S2/c1-3-13-24-21(26)20(30(27,28)18-11-9-16(2)10-12-18)14-23-22(24)29-15-19(25)17-7-5-4-6-8-17/h3-12,14H,1,13,15H2,2H3. The van der Waals surface area contributed by atoms with Gasteiger partial charge in [-0.05, 0) is 19.1 Å². The minimum Gasteiger partial charge on any atom is -0.293 e. The van der Waals surface area contributed by atoms with Crippen LogP contribution in [0, 0.1) is 6.92 Å². The zero-order valence-corrected chi connectivity index (χ0v) is 17.9. The van der Waals surface area contributed by atoms with Crippen LogP contribution in [-0.4, -0.2) is 29.5 Å². The molecule has 0 unspecified atom stereocenters. The molecular formula is C22H20N2O4S2. The summed E-state index contributed by atoms with van der Waals surface area (Å²) in [6.07, 6.45) is 2.54. The van der Waals surface area contributed by atoms with Crippen molar-refractivity contribution in [1.82, 2.24) is 9.55 Å². The van der Waals surface area contributed by atoms with Crippen LogP contribution in [0.15, 0.2) is 93.2 Å². The second-order valence-corrected chi connectivity index (χ2v) is 9.36. The first-order chi connectivity index (χ1) is 14.3. The Morgan fingerprint density at radius 1 is 1.13 bits per heavy atom. The molecule has 6 nitrogen and oxygen atoms in total. The van der Waals surface area contributed by atoms with Gasteiger partial charge in [0.2, 0.25) is 9.84 Å². The number of benzene rings is 2. The van der Waals surface area contributed by atoms with Gasteiger partial charge in [0.25, 0.3) is 5.56 Å². The summed E-state index contributed by atoms with van der Waals surface area (Å²) in [5.74, 6) is -0.0474. The van der Waals surface area contributed by atoms with Crippen molar-refractivity contribution in [3.63, 3.8) is 0 Å². The lowest BCUT2D eigenvalue weighted by molar-refractivity contribution is 0.102. The normalized spacial score (nSPS) is 11.2. The van der Waals surface area contributed by atoms with Gasteiger partial charge in [0.15, 0.2) is 15.8 Å². The van der Waals surface area contributed by atoms with Crippen molar-refractivity contribution < 1.29 is 13.2 Å². The molecule has 0 radical (unpaired) electrons. The first kappa shape index (κ1) is 21.7. The fourth-order valence-corrected chi connectivity index (χ4v) is 4.88. The predicted octanol–water partition coefficient (Wildman–Crippen LogP) is 3.55. The van der Waals surface area contributed by atoms with Crippen molar-refractivity contribution in [3.8, 4) is 0 Å². The van der Waals surface area contributed by atoms with Gasteiger partial charge in [-0.3, -0.25) is 14.2 Å². The molecule has 8 heteroatoms. The van der Waals surface area contributed by atoms with Gasteiger partial charge >= 0.3 is 0 Å². The number of aromatic nitrogens is 2. The summed E-state index contributed by atoms with van der Waals surface area (Å²) in [5, 5.41) is 0.257. The van der Waals surface area contributed by atoms with Gasteiger partial charge in [-0.15, -0.1) is 6.58 Å². The van der Waals surface area contributed by atoms with E-state index < -0.39 is 20.3 Å². The van der Waals surface area contributed by atoms with Crippen LogP contribution in [0.5, 0.6) is 0 Å². The molecule has 0 saturated heterocycles. The number of hydrogen-bond donors (Lipinski definition) is 0. The Bertz CT molecular complexity index is 1230. The summed E-state index contributed by atoms with van der Waals surface area (Å²) in [6.45, 7) is 5.55. The molecule has 1 aromatic heterocycles. The van der Waals surface area contributed by atoms with Crippen molar-refractivity contribution in [2.24, 2.45) is 0 Å². The van der Waals surface area contributed by atoms with Crippen LogP contribution in [0.1, 0.15) is 15.9 Å². The Hall–Kier alpha value is -2.97. The zero-order valence-electron chi connectivity index (χ0n) is 16.3. The number of sulfone groups is 1. The molecule has 154 valence electrons. The maximum atomic E-state index is 13.0. The van der Waals surface area contributed by atoms with Gasteiger partial charge in [-0.1, -0.05) is 65.9 Å². The highest BCUT2D eigenvalue weighted by Gasteiger charge is 2.24. The summed E-state index contributed by atoms with van der Waals surface area (Å²) >= 11 is 1.08. The number of nitrogens with zero attached hydrogens (tertiary/aromatic N) is 2. The molecule has 0 bridgehead atoms. The molecule has 0 spiro atoms. The van der Waals surface area contributed by atoms with Crippen LogP contribution >= 0.6 is 11.8 Å². The maximum Gasteiger partial charge on any atom is 0.273 e. The van der Waals surface area contributed by atoms with Crippen LogP contribution < -0.4 is 5.56 Å². The highest BCUT2D eigenvalue weighted by molar-refractivity contribution is 7.99. The van der Waals surface area contributed by atoms with Gasteiger partial charge in [-0.2, -0.15) is 0 Å². The zero-order chi connectivity index (χ0) is 21.7. The first-order valence-corrected chi connectivity index (χ1v) is 11.5.